The van der Waals surface area contributed by atoms with Crippen LogP contribution in [-0.2, 0) is 4.79 Å². The van der Waals surface area contributed by atoms with Crippen LogP contribution in [0.2, 0.25) is 0 Å². The Bertz CT molecular complexity index is 410. The molecule has 1 aliphatic carbocycles. The minimum absolute atomic E-state index is 0.0646. The lowest BCUT2D eigenvalue weighted by molar-refractivity contribution is -0.124. The molecular weight excluding hydrogens is 236 g/mol. The van der Waals surface area contributed by atoms with Gasteiger partial charge < -0.3 is 11.1 Å². The van der Waals surface area contributed by atoms with Gasteiger partial charge in [0.25, 0.3) is 0 Å². The summed E-state index contributed by atoms with van der Waals surface area (Å²) in [5, 5.41) is 3.23. The van der Waals surface area contributed by atoms with Crippen LogP contribution in [0.4, 0.5) is 0 Å². The molecule has 3 N–H and O–H groups in total. The lowest BCUT2D eigenvalue weighted by atomic mass is 9.92. The fourth-order valence-corrected chi connectivity index (χ4v) is 3.04. The number of benzene rings is 1. The Morgan fingerprint density at radius 2 is 1.95 bits per heavy atom. The second-order valence-corrected chi connectivity index (χ2v) is 5.55. The molecule has 0 aromatic heterocycles. The SMILES string of the molecule is CCC(C(=O)NC1(CN)CCCC1)c1ccccc1. The van der Waals surface area contributed by atoms with Gasteiger partial charge >= 0.3 is 0 Å². The van der Waals surface area contributed by atoms with E-state index in [9.17, 15) is 4.79 Å². The van der Waals surface area contributed by atoms with Crippen molar-refractivity contribution in [3.05, 3.63) is 35.9 Å². The van der Waals surface area contributed by atoms with E-state index in [1.165, 1.54) is 12.8 Å². The van der Waals surface area contributed by atoms with Crippen LogP contribution in [0, 0.1) is 0 Å². The molecule has 0 radical (unpaired) electrons. The van der Waals surface area contributed by atoms with E-state index in [0.29, 0.717) is 6.54 Å². The summed E-state index contributed by atoms with van der Waals surface area (Å²) in [6.07, 6.45) is 5.18. The molecule has 0 saturated heterocycles. The smallest absolute Gasteiger partial charge is 0.228 e. The van der Waals surface area contributed by atoms with Gasteiger partial charge in [-0.2, -0.15) is 0 Å². The van der Waals surface area contributed by atoms with Crippen LogP contribution in [0.5, 0.6) is 0 Å². The number of amides is 1. The number of nitrogens with one attached hydrogen (secondary N) is 1. The van der Waals surface area contributed by atoms with Crippen LogP contribution < -0.4 is 11.1 Å². The van der Waals surface area contributed by atoms with Crippen molar-refractivity contribution < 1.29 is 4.79 Å². The fraction of sp³-hybridized carbons (Fsp3) is 0.562. The Hall–Kier alpha value is -1.35. The summed E-state index contributed by atoms with van der Waals surface area (Å²) in [4.78, 5) is 12.5. The van der Waals surface area contributed by atoms with E-state index in [2.05, 4.69) is 12.2 Å². The number of rotatable bonds is 5. The van der Waals surface area contributed by atoms with E-state index in [1.54, 1.807) is 0 Å². The molecule has 0 spiro atoms. The number of nitrogens with two attached hydrogens (primary N) is 1. The quantitative estimate of drug-likeness (QED) is 0.855. The van der Waals surface area contributed by atoms with Crippen molar-refractivity contribution >= 4 is 5.91 Å². The summed E-state index contributed by atoms with van der Waals surface area (Å²) in [5.41, 5.74) is 6.82. The molecule has 1 aromatic rings. The Balaban J connectivity index is 2.09. The van der Waals surface area contributed by atoms with Crippen molar-refractivity contribution in [2.24, 2.45) is 5.73 Å². The van der Waals surface area contributed by atoms with Crippen LogP contribution in [-0.4, -0.2) is 18.0 Å². The number of carbonyl (C=O) groups is 1. The summed E-state index contributed by atoms with van der Waals surface area (Å²) in [7, 11) is 0. The first-order valence-corrected chi connectivity index (χ1v) is 7.28. The maximum Gasteiger partial charge on any atom is 0.228 e. The molecule has 0 heterocycles. The molecule has 104 valence electrons. The minimum atomic E-state index is -0.153. The van der Waals surface area contributed by atoms with Crippen molar-refractivity contribution in [2.75, 3.05) is 6.54 Å². The Morgan fingerprint density at radius 3 is 2.47 bits per heavy atom. The van der Waals surface area contributed by atoms with Gasteiger partial charge in [0.05, 0.1) is 11.5 Å². The fourth-order valence-electron chi connectivity index (χ4n) is 3.04. The first kappa shape index (κ1) is 14.1. The molecule has 1 unspecified atom stereocenters. The summed E-state index contributed by atoms with van der Waals surface area (Å²) in [6.45, 7) is 2.60. The predicted octanol–water partition coefficient (Wildman–Crippen LogP) is 2.57. The largest absolute Gasteiger partial charge is 0.349 e. The number of hydrogen-bond acceptors (Lipinski definition) is 2. The monoisotopic (exact) mass is 260 g/mol. The van der Waals surface area contributed by atoms with Crippen LogP contribution in [0.25, 0.3) is 0 Å². The van der Waals surface area contributed by atoms with Gasteiger partial charge in [-0.3, -0.25) is 4.79 Å². The van der Waals surface area contributed by atoms with Gasteiger partial charge in [0.2, 0.25) is 5.91 Å². The maximum atomic E-state index is 12.5. The van der Waals surface area contributed by atoms with Crippen LogP contribution in [0.15, 0.2) is 30.3 Å². The second kappa shape index (κ2) is 6.20. The molecular formula is C16H24N2O. The highest BCUT2D eigenvalue weighted by molar-refractivity contribution is 5.84. The van der Waals surface area contributed by atoms with Crippen LogP contribution in [0.3, 0.4) is 0 Å². The van der Waals surface area contributed by atoms with Gasteiger partial charge in [-0.25, -0.2) is 0 Å². The third kappa shape index (κ3) is 3.16. The molecule has 1 aliphatic rings. The van der Waals surface area contributed by atoms with Crippen molar-refractivity contribution in [1.29, 1.82) is 0 Å². The highest BCUT2D eigenvalue weighted by atomic mass is 16.2. The van der Waals surface area contributed by atoms with E-state index in [4.69, 9.17) is 5.73 Å². The van der Waals surface area contributed by atoms with Gasteiger partial charge in [-0.05, 0) is 24.8 Å². The van der Waals surface area contributed by atoms with E-state index in [0.717, 1.165) is 24.8 Å². The van der Waals surface area contributed by atoms with Crippen molar-refractivity contribution in [3.63, 3.8) is 0 Å². The Kier molecular flexibility index (Phi) is 4.59. The average Bonchev–Trinajstić information content (AvgIpc) is 2.90. The third-order valence-corrected chi connectivity index (χ3v) is 4.27. The lowest BCUT2D eigenvalue weighted by Gasteiger charge is -2.30. The maximum absolute atomic E-state index is 12.5. The summed E-state index contributed by atoms with van der Waals surface area (Å²) in [5.74, 6) is 0.0614. The standard InChI is InChI=1S/C16H24N2O/c1-2-14(13-8-4-3-5-9-13)15(19)18-16(12-17)10-6-7-11-16/h3-5,8-9,14H,2,6-7,10-12,17H2,1H3,(H,18,19). The molecule has 1 fully saturated rings. The molecule has 2 rings (SSSR count). The highest BCUT2D eigenvalue weighted by Crippen LogP contribution is 2.30. The zero-order chi connectivity index (χ0) is 13.7. The van der Waals surface area contributed by atoms with E-state index in [1.807, 2.05) is 30.3 Å². The number of carbonyl (C=O) groups excluding carboxylic acids is 1. The van der Waals surface area contributed by atoms with Crippen molar-refractivity contribution in [1.82, 2.24) is 5.32 Å². The summed E-state index contributed by atoms with van der Waals surface area (Å²) >= 11 is 0. The van der Waals surface area contributed by atoms with Gasteiger partial charge in [0.15, 0.2) is 0 Å². The van der Waals surface area contributed by atoms with Gasteiger partial charge in [0, 0.05) is 6.54 Å². The molecule has 0 bridgehead atoms. The molecule has 1 amide bonds. The van der Waals surface area contributed by atoms with Crippen molar-refractivity contribution in [2.45, 2.75) is 50.5 Å². The number of hydrogen-bond donors (Lipinski definition) is 2. The summed E-state index contributed by atoms with van der Waals surface area (Å²) in [6, 6.07) is 10.0. The molecule has 19 heavy (non-hydrogen) atoms. The summed E-state index contributed by atoms with van der Waals surface area (Å²) < 4.78 is 0. The Morgan fingerprint density at radius 1 is 1.32 bits per heavy atom. The second-order valence-electron chi connectivity index (χ2n) is 5.55. The van der Waals surface area contributed by atoms with E-state index >= 15 is 0 Å². The van der Waals surface area contributed by atoms with Crippen LogP contribution >= 0.6 is 0 Å². The molecule has 1 atom stereocenters. The topological polar surface area (TPSA) is 55.1 Å². The van der Waals surface area contributed by atoms with Crippen molar-refractivity contribution in [3.8, 4) is 0 Å². The van der Waals surface area contributed by atoms with E-state index < -0.39 is 0 Å². The average molecular weight is 260 g/mol. The molecule has 0 aliphatic heterocycles. The zero-order valence-corrected chi connectivity index (χ0v) is 11.7. The van der Waals surface area contributed by atoms with Crippen LogP contribution in [0.1, 0.15) is 50.5 Å². The normalized spacial score (nSPS) is 19.1. The van der Waals surface area contributed by atoms with Gasteiger partial charge in [-0.15, -0.1) is 0 Å². The highest BCUT2D eigenvalue weighted by Gasteiger charge is 2.35. The lowest BCUT2D eigenvalue weighted by Crippen LogP contribution is -2.52. The first-order chi connectivity index (χ1) is 9.21. The molecule has 3 nitrogen and oxygen atoms in total. The Labute approximate surface area is 115 Å². The van der Waals surface area contributed by atoms with E-state index in [-0.39, 0.29) is 17.4 Å². The molecule has 1 aromatic carbocycles. The molecule has 3 heteroatoms. The van der Waals surface area contributed by atoms with Gasteiger partial charge in [-0.1, -0.05) is 50.1 Å². The third-order valence-electron chi connectivity index (χ3n) is 4.27. The predicted molar refractivity (Wildman–Crippen MR) is 77.9 cm³/mol. The molecule has 1 saturated carbocycles. The van der Waals surface area contributed by atoms with Gasteiger partial charge in [0.1, 0.15) is 0 Å². The minimum Gasteiger partial charge on any atom is -0.349 e. The first-order valence-electron chi connectivity index (χ1n) is 7.28. The zero-order valence-electron chi connectivity index (χ0n) is 11.7.